The van der Waals surface area contributed by atoms with Crippen molar-refractivity contribution in [2.75, 3.05) is 0 Å². The maximum Gasteiger partial charge on any atom is 0.208 e. The summed E-state index contributed by atoms with van der Waals surface area (Å²) in [5.74, 6) is -0.322. The molecule has 1 aromatic rings. The van der Waals surface area contributed by atoms with Crippen molar-refractivity contribution >= 4 is 6.41 Å². The quantitative estimate of drug-likeness (QED) is 0.511. The molecule has 1 atom stereocenters. The fourth-order valence-electron chi connectivity index (χ4n) is 0.840. The van der Waals surface area contributed by atoms with E-state index in [1.54, 1.807) is 0 Å². The Morgan fingerprint density at radius 2 is 2.00 bits per heavy atom. The zero-order chi connectivity index (χ0) is 8.97. The molecule has 3 nitrogen and oxygen atoms in total. The first-order valence-corrected chi connectivity index (χ1v) is 3.45. The molecule has 0 heterocycles. The Balaban J connectivity index is 2.74. The standard InChI is InChI=1S/C8H9FN2O/c9-7-3-1-6(2-4-7)8(10)11-5-12/h1-5,8H,10H2,(H,11,12). The SMILES string of the molecule is NC(NC=O)c1ccc(F)cc1. The average Bonchev–Trinajstić information content (AvgIpc) is 2.06. The minimum absolute atomic E-state index is 0.322. The number of hydrogen-bond acceptors (Lipinski definition) is 2. The number of carbonyl (C=O) groups excluding carboxylic acids is 1. The summed E-state index contributed by atoms with van der Waals surface area (Å²) in [7, 11) is 0. The van der Waals surface area contributed by atoms with Crippen molar-refractivity contribution in [2.45, 2.75) is 6.17 Å². The largest absolute Gasteiger partial charge is 0.339 e. The molecule has 0 saturated heterocycles. The summed E-state index contributed by atoms with van der Waals surface area (Å²) in [5.41, 5.74) is 6.16. The van der Waals surface area contributed by atoms with E-state index in [2.05, 4.69) is 5.32 Å². The van der Waals surface area contributed by atoms with Gasteiger partial charge in [0.25, 0.3) is 0 Å². The lowest BCUT2D eigenvalue weighted by molar-refractivity contribution is -0.110. The third-order valence-electron chi connectivity index (χ3n) is 1.48. The van der Waals surface area contributed by atoms with Gasteiger partial charge in [0, 0.05) is 0 Å². The van der Waals surface area contributed by atoms with Gasteiger partial charge in [-0.3, -0.25) is 4.79 Å². The zero-order valence-corrected chi connectivity index (χ0v) is 6.33. The second-order valence-corrected chi connectivity index (χ2v) is 2.31. The molecule has 0 aromatic heterocycles. The van der Waals surface area contributed by atoms with Crippen LogP contribution in [0.4, 0.5) is 4.39 Å². The van der Waals surface area contributed by atoms with Crippen LogP contribution < -0.4 is 11.1 Å². The minimum Gasteiger partial charge on any atom is -0.339 e. The molecule has 64 valence electrons. The number of benzene rings is 1. The first kappa shape index (κ1) is 8.67. The Kier molecular flexibility index (Phi) is 2.76. The normalized spacial score (nSPS) is 12.2. The molecule has 0 bridgehead atoms. The van der Waals surface area contributed by atoms with Gasteiger partial charge >= 0.3 is 0 Å². The Bertz CT molecular complexity index is 260. The first-order valence-electron chi connectivity index (χ1n) is 3.45. The number of halogens is 1. The number of nitrogens with one attached hydrogen (secondary N) is 1. The van der Waals surface area contributed by atoms with Crippen molar-refractivity contribution in [2.24, 2.45) is 5.73 Å². The number of rotatable bonds is 3. The van der Waals surface area contributed by atoms with Crippen molar-refractivity contribution in [3.63, 3.8) is 0 Å². The summed E-state index contributed by atoms with van der Waals surface area (Å²) in [6.07, 6.45) is -0.0586. The van der Waals surface area contributed by atoms with Crippen molar-refractivity contribution in [1.29, 1.82) is 0 Å². The minimum atomic E-state index is -0.567. The van der Waals surface area contributed by atoms with Gasteiger partial charge in [-0.2, -0.15) is 0 Å². The van der Waals surface area contributed by atoms with Gasteiger partial charge < -0.3 is 11.1 Å². The highest BCUT2D eigenvalue weighted by molar-refractivity contribution is 5.47. The van der Waals surface area contributed by atoms with Crippen LogP contribution in [0, 0.1) is 5.82 Å². The van der Waals surface area contributed by atoms with Gasteiger partial charge in [0.15, 0.2) is 0 Å². The van der Waals surface area contributed by atoms with Crippen LogP contribution in [0.25, 0.3) is 0 Å². The zero-order valence-electron chi connectivity index (χ0n) is 6.33. The Morgan fingerprint density at radius 3 is 2.50 bits per heavy atom. The summed E-state index contributed by atoms with van der Waals surface area (Å²) in [6.45, 7) is 0. The van der Waals surface area contributed by atoms with Crippen molar-refractivity contribution < 1.29 is 9.18 Å². The fraction of sp³-hybridized carbons (Fsp3) is 0.125. The predicted octanol–water partition coefficient (Wildman–Crippen LogP) is 0.529. The molecule has 0 saturated carbocycles. The second kappa shape index (κ2) is 3.82. The third-order valence-corrected chi connectivity index (χ3v) is 1.48. The monoisotopic (exact) mass is 168 g/mol. The van der Waals surface area contributed by atoms with E-state index in [1.165, 1.54) is 24.3 Å². The van der Waals surface area contributed by atoms with Crippen LogP contribution in [0.15, 0.2) is 24.3 Å². The summed E-state index contributed by atoms with van der Waals surface area (Å²) in [4.78, 5) is 9.99. The van der Waals surface area contributed by atoms with Crippen LogP contribution in [0.3, 0.4) is 0 Å². The van der Waals surface area contributed by atoms with Crippen molar-refractivity contribution in [1.82, 2.24) is 5.32 Å². The molecule has 0 aliphatic heterocycles. The number of hydrogen-bond donors (Lipinski definition) is 2. The molecular weight excluding hydrogens is 159 g/mol. The van der Waals surface area contributed by atoms with Crippen molar-refractivity contribution in [3.8, 4) is 0 Å². The van der Waals surface area contributed by atoms with Gasteiger partial charge in [-0.05, 0) is 17.7 Å². The fourth-order valence-corrected chi connectivity index (χ4v) is 0.840. The summed E-state index contributed by atoms with van der Waals surface area (Å²) in [5, 5.41) is 2.36. The van der Waals surface area contributed by atoms with Crippen LogP contribution in [0.2, 0.25) is 0 Å². The molecule has 12 heavy (non-hydrogen) atoms. The van der Waals surface area contributed by atoms with Gasteiger partial charge in [-0.25, -0.2) is 4.39 Å². The smallest absolute Gasteiger partial charge is 0.208 e. The predicted molar refractivity (Wildman–Crippen MR) is 42.5 cm³/mol. The molecule has 1 amide bonds. The first-order chi connectivity index (χ1) is 5.74. The highest BCUT2D eigenvalue weighted by Gasteiger charge is 2.02. The maximum absolute atomic E-state index is 12.4. The number of amides is 1. The van der Waals surface area contributed by atoms with Crippen LogP contribution in [-0.2, 0) is 4.79 Å². The number of nitrogens with two attached hydrogens (primary N) is 1. The molecule has 4 heteroatoms. The van der Waals surface area contributed by atoms with E-state index in [-0.39, 0.29) is 5.82 Å². The van der Waals surface area contributed by atoms with Gasteiger partial charge in [-0.1, -0.05) is 12.1 Å². The maximum atomic E-state index is 12.4. The second-order valence-electron chi connectivity index (χ2n) is 2.31. The van der Waals surface area contributed by atoms with Crippen LogP contribution in [0.1, 0.15) is 11.7 Å². The van der Waals surface area contributed by atoms with Gasteiger partial charge in [-0.15, -0.1) is 0 Å². The molecule has 0 aliphatic carbocycles. The van der Waals surface area contributed by atoms with Gasteiger partial charge in [0.1, 0.15) is 12.0 Å². The topological polar surface area (TPSA) is 55.1 Å². The molecule has 0 aliphatic rings. The van der Waals surface area contributed by atoms with E-state index in [0.717, 1.165) is 0 Å². The summed E-state index contributed by atoms with van der Waals surface area (Å²) < 4.78 is 12.4. The number of carbonyl (C=O) groups is 1. The Morgan fingerprint density at radius 1 is 1.42 bits per heavy atom. The van der Waals surface area contributed by atoms with Gasteiger partial charge in [0.2, 0.25) is 6.41 Å². The molecule has 0 spiro atoms. The highest BCUT2D eigenvalue weighted by atomic mass is 19.1. The lowest BCUT2D eigenvalue weighted by atomic mass is 10.2. The summed E-state index contributed by atoms with van der Waals surface area (Å²) >= 11 is 0. The molecule has 1 rings (SSSR count). The molecular formula is C8H9FN2O. The van der Waals surface area contributed by atoms with E-state index in [1.807, 2.05) is 0 Å². The molecule has 0 radical (unpaired) electrons. The van der Waals surface area contributed by atoms with E-state index in [4.69, 9.17) is 5.73 Å². The van der Waals surface area contributed by atoms with E-state index in [9.17, 15) is 9.18 Å². The lowest BCUT2D eigenvalue weighted by Crippen LogP contribution is -2.27. The van der Waals surface area contributed by atoms with E-state index in [0.29, 0.717) is 12.0 Å². The molecule has 3 N–H and O–H groups in total. The Labute approximate surface area is 69.4 Å². The molecule has 1 aromatic carbocycles. The van der Waals surface area contributed by atoms with Crippen LogP contribution in [-0.4, -0.2) is 6.41 Å². The lowest BCUT2D eigenvalue weighted by Gasteiger charge is -2.09. The highest BCUT2D eigenvalue weighted by Crippen LogP contribution is 2.07. The Hall–Kier alpha value is -1.42. The molecule has 0 fully saturated rings. The van der Waals surface area contributed by atoms with Crippen molar-refractivity contribution in [3.05, 3.63) is 35.6 Å². The molecule has 1 unspecified atom stereocenters. The third kappa shape index (κ3) is 2.03. The van der Waals surface area contributed by atoms with E-state index >= 15 is 0 Å². The van der Waals surface area contributed by atoms with E-state index < -0.39 is 6.17 Å². The van der Waals surface area contributed by atoms with Gasteiger partial charge in [0.05, 0.1) is 0 Å². The van der Waals surface area contributed by atoms with Crippen LogP contribution >= 0.6 is 0 Å². The average molecular weight is 168 g/mol. The summed E-state index contributed by atoms with van der Waals surface area (Å²) in [6, 6.07) is 5.64. The van der Waals surface area contributed by atoms with Crippen LogP contribution in [0.5, 0.6) is 0 Å².